The zero-order valence-electron chi connectivity index (χ0n) is 35.0. The van der Waals surface area contributed by atoms with E-state index in [4.69, 9.17) is 9.47 Å². The van der Waals surface area contributed by atoms with Gasteiger partial charge in [-0.05, 0) is 93.5 Å². The summed E-state index contributed by atoms with van der Waals surface area (Å²) in [5.74, 6) is 0.187. The van der Waals surface area contributed by atoms with Gasteiger partial charge in [-0.3, -0.25) is 39.1 Å². The number of benzene rings is 2. The molecule has 15 heteroatoms. The second kappa shape index (κ2) is 15.6. The van der Waals surface area contributed by atoms with Crippen LogP contribution >= 0.6 is 0 Å². The summed E-state index contributed by atoms with van der Waals surface area (Å²) in [7, 11) is 0. The third kappa shape index (κ3) is 7.46. The molecular formula is C45H52N8O7. The molecule has 2 aromatic carbocycles. The van der Waals surface area contributed by atoms with Crippen LogP contribution in [0.15, 0.2) is 42.7 Å². The van der Waals surface area contributed by atoms with Crippen molar-refractivity contribution in [3.8, 4) is 17.6 Å². The number of nitrogens with one attached hydrogen (secondary N) is 2. The topological polar surface area (TPSA) is 187 Å². The monoisotopic (exact) mass is 816 g/mol. The lowest BCUT2D eigenvalue weighted by atomic mass is 9.49. The van der Waals surface area contributed by atoms with Gasteiger partial charge in [-0.2, -0.15) is 5.26 Å². The number of carbonyl (C=O) groups is 5. The molecule has 3 saturated heterocycles. The number of nitriles is 1. The number of likely N-dealkylation sites (tertiary alicyclic amines) is 1. The van der Waals surface area contributed by atoms with Gasteiger partial charge in [0.05, 0.1) is 35.2 Å². The molecule has 3 aromatic rings. The third-order valence-corrected chi connectivity index (χ3v) is 13.3. The number of fused-ring (bicyclic) bond motifs is 1. The van der Waals surface area contributed by atoms with Gasteiger partial charge in [0.15, 0.2) is 0 Å². The summed E-state index contributed by atoms with van der Waals surface area (Å²) in [6, 6.07) is 9.74. The summed E-state index contributed by atoms with van der Waals surface area (Å²) >= 11 is 0. The molecule has 314 valence electrons. The van der Waals surface area contributed by atoms with Crippen LogP contribution in [-0.4, -0.2) is 106 Å². The molecule has 5 amide bonds. The Morgan fingerprint density at radius 3 is 2.22 bits per heavy atom. The van der Waals surface area contributed by atoms with Crippen molar-refractivity contribution >= 4 is 35.4 Å². The Labute approximate surface area is 349 Å². The number of hydrogen-bond donors (Lipinski definition) is 2. The average Bonchev–Trinajstić information content (AvgIpc) is 3.44. The number of imide groups is 2. The molecule has 15 nitrogen and oxygen atoms in total. The van der Waals surface area contributed by atoms with Crippen LogP contribution in [0.4, 0.5) is 5.82 Å². The van der Waals surface area contributed by atoms with E-state index in [0.717, 1.165) is 79.6 Å². The van der Waals surface area contributed by atoms with Crippen molar-refractivity contribution in [3.05, 3.63) is 76.2 Å². The molecule has 1 atom stereocenters. The highest BCUT2D eigenvalue weighted by molar-refractivity contribution is 6.23. The standard InChI is InChI=1S/C45H52N8O7/c1-25-17-29(18-26(2)33(25)20-46)60-43-44(3,4)42(45(43,5)6)50-38(55)34-21-48-36(22-47-34)52-15-12-27(13-16-52)11-14-51-23-30(24-51)59-28-7-8-31-32(19-28)41(58)53(40(31)57)35-9-10-37(54)49-39(35)56/h7-8,17-19,21-22,27,30,35,42-43H,9-16,23-24H2,1-6H3,(H,50,55)(H,49,54,56). The number of hydrogen-bond acceptors (Lipinski definition) is 12. The van der Waals surface area contributed by atoms with E-state index in [0.29, 0.717) is 17.2 Å². The quantitative estimate of drug-likeness (QED) is 0.261. The maximum atomic E-state index is 13.4. The van der Waals surface area contributed by atoms with Gasteiger partial charge in [-0.15, -0.1) is 0 Å². The van der Waals surface area contributed by atoms with Crippen molar-refractivity contribution in [2.75, 3.05) is 37.6 Å². The van der Waals surface area contributed by atoms with Crippen LogP contribution in [0.3, 0.4) is 0 Å². The third-order valence-electron chi connectivity index (χ3n) is 13.3. The van der Waals surface area contributed by atoms with Crippen molar-refractivity contribution < 1.29 is 33.4 Å². The second-order valence-electron chi connectivity index (χ2n) is 18.2. The number of carbonyl (C=O) groups excluding carboxylic acids is 5. The van der Waals surface area contributed by atoms with Crippen LogP contribution in [0.25, 0.3) is 0 Å². The zero-order valence-corrected chi connectivity index (χ0v) is 35.0. The van der Waals surface area contributed by atoms with Crippen LogP contribution < -0.4 is 25.0 Å². The highest BCUT2D eigenvalue weighted by atomic mass is 16.5. The van der Waals surface area contributed by atoms with E-state index in [9.17, 15) is 29.2 Å². The van der Waals surface area contributed by atoms with Gasteiger partial charge in [0, 0.05) is 49.5 Å². The van der Waals surface area contributed by atoms with Gasteiger partial charge in [-0.25, -0.2) is 9.97 Å². The first-order valence-electron chi connectivity index (χ1n) is 20.9. The number of aromatic nitrogens is 2. The average molecular weight is 817 g/mol. The Balaban J connectivity index is 0.759. The number of amides is 5. The number of anilines is 1. The summed E-state index contributed by atoms with van der Waals surface area (Å²) in [5.41, 5.74) is 2.42. The Kier molecular flexibility index (Phi) is 10.6. The summed E-state index contributed by atoms with van der Waals surface area (Å²) < 4.78 is 12.7. The van der Waals surface area contributed by atoms with Gasteiger partial charge in [0.1, 0.15) is 41.3 Å². The molecule has 0 radical (unpaired) electrons. The minimum atomic E-state index is -1.00. The molecule has 60 heavy (non-hydrogen) atoms. The van der Waals surface area contributed by atoms with E-state index in [1.807, 2.05) is 26.0 Å². The lowest BCUT2D eigenvalue weighted by molar-refractivity contribution is -0.164. The largest absolute Gasteiger partial charge is 0.489 e. The molecule has 4 aliphatic heterocycles. The van der Waals surface area contributed by atoms with Crippen LogP contribution in [0, 0.1) is 41.9 Å². The second-order valence-corrected chi connectivity index (χ2v) is 18.2. The summed E-state index contributed by atoms with van der Waals surface area (Å²) in [6.07, 6.45) is 6.39. The number of ether oxygens (including phenoxy) is 2. The van der Waals surface area contributed by atoms with Crippen LogP contribution in [0.5, 0.6) is 11.5 Å². The SMILES string of the molecule is Cc1cc(OC2C(C)(C)C(NC(=O)c3cnc(N4CCC(CCN5CC(Oc6ccc7c(c6)C(=O)N(C6CCC(=O)NC6=O)C7=O)C5)CC4)cn3)C2(C)C)cc(C)c1C#N. The summed E-state index contributed by atoms with van der Waals surface area (Å²) in [5, 5.41) is 14.9. The van der Waals surface area contributed by atoms with Crippen LogP contribution in [0.1, 0.15) is 108 Å². The fraction of sp³-hybridized carbons (Fsp3) is 0.511. The molecule has 8 rings (SSSR count). The highest BCUT2D eigenvalue weighted by Gasteiger charge is 2.64. The fourth-order valence-electron chi connectivity index (χ4n) is 10.2. The maximum Gasteiger partial charge on any atom is 0.271 e. The molecule has 4 fully saturated rings. The summed E-state index contributed by atoms with van der Waals surface area (Å²) in [4.78, 5) is 78.3. The first-order valence-corrected chi connectivity index (χ1v) is 20.9. The molecule has 1 unspecified atom stereocenters. The molecule has 2 N–H and O–H groups in total. The number of aryl methyl sites for hydroxylation is 2. The number of nitrogens with zero attached hydrogens (tertiary/aromatic N) is 6. The van der Waals surface area contributed by atoms with E-state index >= 15 is 0 Å². The molecule has 1 saturated carbocycles. The Morgan fingerprint density at radius 2 is 1.58 bits per heavy atom. The lowest BCUT2D eigenvalue weighted by Gasteiger charge is -2.63. The van der Waals surface area contributed by atoms with Gasteiger partial charge in [-0.1, -0.05) is 27.7 Å². The van der Waals surface area contributed by atoms with Gasteiger partial charge in [0.2, 0.25) is 11.8 Å². The van der Waals surface area contributed by atoms with Crippen molar-refractivity contribution in [2.45, 2.75) is 97.9 Å². The summed E-state index contributed by atoms with van der Waals surface area (Å²) in [6.45, 7) is 16.4. The number of rotatable bonds is 11. The van der Waals surface area contributed by atoms with Crippen LogP contribution in [0.2, 0.25) is 0 Å². The Morgan fingerprint density at radius 1 is 0.900 bits per heavy atom. The molecule has 0 bridgehead atoms. The zero-order chi connectivity index (χ0) is 42.7. The van der Waals surface area contributed by atoms with Crippen molar-refractivity contribution in [3.63, 3.8) is 0 Å². The Bertz CT molecular complexity index is 2250. The van der Waals surface area contributed by atoms with Gasteiger partial charge in [0.25, 0.3) is 17.7 Å². The van der Waals surface area contributed by atoms with Crippen LogP contribution in [-0.2, 0) is 9.59 Å². The first-order chi connectivity index (χ1) is 28.5. The maximum absolute atomic E-state index is 13.4. The van der Waals surface area contributed by atoms with Gasteiger partial charge < -0.3 is 19.7 Å². The normalized spacial score (nSPS) is 23.9. The minimum Gasteiger partial charge on any atom is -0.489 e. The molecule has 0 spiro atoms. The highest BCUT2D eigenvalue weighted by Crippen LogP contribution is 2.55. The molecular weight excluding hydrogens is 765 g/mol. The van der Waals surface area contributed by atoms with E-state index in [1.165, 1.54) is 0 Å². The van der Waals surface area contributed by atoms with E-state index in [-0.39, 0.29) is 64.6 Å². The first kappa shape index (κ1) is 40.9. The predicted molar refractivity (Wildman–Crippen MR) is 219 cm³/mol. The van der Waals surface area contributed by atoms with Crippen molar-refractivity contribution in [2.24, 2.45) is 16.7 Å². The van der Waals surface area contributed by atoms with E-state index in [1.54, 1.807) is 30.6 Å². The van der Waals surface area contributed by atoms with Crippen molar-refractivity contribution in [1.29, 1.82) is 5.26 Å². The smallest absolute Gasteiger partial charge is 0.271 e. The molecule has 5 aliphatic rings. The van der Waals surface area contributed by atoms with Crippen molar-refractivity contribution in [1.82, 2.24) is 30.4 Å². The molecule has 1 aliphatic carbocycles. The van der Waals surface area contributed by atoms with E-state index in [2.05, 4.69) is 64.2 Å². The van der Waals surface area contributed by atoms with Gasteiger partial charge >= 0.3 is 0 Å². The predicted octanol–water partition coefficient (Wildman–Crippen LogP) is 4.35. The minimum absolute atomic E-state index is 0.0292. The Hall–Kier alpha value is -5.88. The number of piperidine rings is 2. The fourth-order valence-corrected chi connectivity index (χ4v) is 10.2. The van der Waals surface area contributed by atoms with E-state index < -0.39 is 29.7 Å². The lowest BCUT2D eigenvalue weighted by Crippen LogP contribution is -2.74. The molecule has 5 heterocycles. The molecule has 1 aromatic heterocycles.